The van der Waals surface area contributed by atoms with Crippen LogP contribution in [-0.4, -0.2) is 23.2 Å². The van der Waals surface area contributed by atoms with Gasteiger partial charge in [0.25, 0.3) is 0 Å². The summed E-state index contributed by atoms with van der Waals surface area (Å²) in [6.45, 7) is 1.89. The maximum atomic E-state index is 11.8. The Hall–Kier alpha value is -2.38. The average Bonchev–Trinajstić information content (AvgIpc) is 2.94. The number of hydrogen-bond donors (Lipinski definition) is 2. The van der Waals surface area contributed by atoms with Crippen molar-refractivity contribution < 1.29 is 14.4 Å². The number of nitrogens with zero attached hydrogens (tertiary/aromatic N) is 1. The SMILES string of the molecule is COP(c1cc(C)cc(C#N)c1)c1c(C(=O)O)[nH]c2ccc(Cl)cc12. The highest BCUT2D eigenvalue weighted by Crippen LogP contribution is 2.39. The Labute approximate surface area is 150 Å². The number of carbonyl (C=O) groups is 1. The molecule has 25 heavy (non-hydrogen) atoms. The summed E-state index contributed by atoms with van der Waals surface area (Å²) in [5.74, 6) is -1.07. The van der Waals surface area contributed by atoms with E-state index in [1.165, 1.54) is 7.11 Å². The highest BCUT2D eigenvalue weighted by molar-refractivity contribution is 7.69. The minimum atomic E-state index is -1.44. The number of nitriles is 1. The Balaban J connectivity index is 2.30. The zero-order valence-corrected chi connectivity index (χ0v) is 15.2. The van der Waals surface area contributed by atoms with E-state index in [0.717, 1.165) is 10.9 Å². The zero-order chi connectivity index (χ0) is 18.1. The van der Waals surface area contributed by atoms with Crippen molar-refractivity contribution in [3.8, 4) is 6.07 Å². The fourth-order valence-electron chi connectivity index (χ4n) is 2.79. The van der Waals surface area contributed by atoms with Gasteiger partial charge in [0.1, 0.15) is 5.69 Å². The Bertz CT molecular complexity index is 1020. The van der Waals surface area contributed by atoms with Gasteiger partial charge in [-0.05, 0) is 48.9 Å². The van der Waals surface area contributed by atoms with E-state index in [4.69, 9.17) is 16.1 Å². The van der Waals surface area contributed by atoms with Crippen molar-refractivity contribution in [3.05, 3.63) is 58.2 Å². The molecule has 0 aliphatic heterocycles. The maximum Gasteiger partial charge on any atom is 0.353 e. The van der Waals surface area contributed by atoms with Crippen LogP contribution in [0.1, 0.15) is 21.6 Å². The third kappa shape index (κ3) is 3.25. The Morgan fingerprint density at radius 2 is 2.08 bits per heavy atom. The van der Waals surface area contributed by atoms with Crippen LogP contribution in [0.3, 0.4) is 0 Å². The third-order valence-corrected chi connectivity index (χ3v) is 5.96. The topological polar surface area (TPSA) is 86.1 Å². The molecule has 1 heterocycles. The predicted molar refractivity (Wildman–Crippen MR) is 99.4 cm³/mol. The molecule has 0 aliphatic carbocycles. The van der Waals surface area contributed by atoms with E-state index in [1.807, 2.05) is 13.0 Å². The largest absolute Gasteiger partial charge is 0.477 e. The number of hydrogen-bond acceptors (Lipinski definition) is 3. The van der Waals surface area contributed by atoms with Gasteiger partial charge in [-0.25, -0.2) is 4.79 Å². The summed E-state index contributed by atoms with van der Waals surface area (Å²) in [5, 5.41) is 21.4. The van der Waals surface area contributed by atoms with Crippen molar-refractivity contribution in [1.82, 2.24) is 4.98 Å². The molecule has 0 amide bonds. The number of aromatic carboxylic acids is 1. The number of aromatic amines is 1. The zero-order valence-electron chi connectivity index (χ0n) is 13.5. The first kappa shape index (κ1) is 17.4. The first-order chi connectivity index (χ1) is 11.9. The summed E-state index contributed by atoms with van der Waals surface area (Å²) in [5.41, 5.74) is 2.17. The van der Waals surface area contributed by atoms with Gasteiger partial charge in [0.2, 0.25) is 0 Å². The van der Waals surface area contributed by atoms with Crippen LogP contribution in [0, 0.1) is 18.3 Å². The van der Waals surface area contributed by atoms with Crippen molar-refractivity contribution in [2.24, 2.45) is 0 Å². The van der Waals surface area contributed by atoms with E-state index in [9.17, 15) is 15.2 Å². The first-order valence-corrected chi connectivity index (χ1v) is 8.99. The molecule has 2 aromatic carbocycles. The number of rotatable bonds is 4. The molecule has 3 rings (SSSR count). The molecule has 3 aromatic rings. The highest BCUT2D eigenvalue weighted by atomic mass is 35.5. The predicted octanol–water partition coefficient (Wildman–Crippen LogP) is 3.69. The number of benzene rings is 2. The molecule has 1 aromatic heterocycles. The van der Waals surface area contributed by atoms with Crippen LogP contribution >= 0.6 is 19.7 Å². The molecule has 0 radical (unpaired) electrons. The second kappa shape index (κ2) is 6.85. The molecular formula is C18H14ClN2O3P. The molecule has 126 valence electrons. The van der Waals surface area contributed by atoms with Crippen LogP contribution < -0.4 is 10.6 Å². The number of aryl methyl sites for hydroxylation is 1. The molecular weight excluding hydrogens is 359 g/mol. The number of nitrogens with one attached hydrogen (secondary N) is 1. The van der Waals surface area contributed by atoms with Crippen molar-refractivity contribution in [2.45, 2.75) is 6.92 Å². The van der Waals surface area contributed by atoms with E-state index in [0.29, 0.717) is 26.8 Å². The summed E-state index contributed by atoms with van der Waals surface area (Å²) in [6, 6.07) is 12.7. The molecule has 0 saturated carbocycles. The minimum absolute atomic E-state index is 0.0743. The van der Waals surface area contributed by atoms with Gasteiger partial charge in [-0.15, -0.1) is 0 Å². The van der Waals surface area contributed by atoms with Gasteiger partial charge >= 0.3 is 5.97 Å². The lowest BCUT2D eigenvalue weighted by molar-refractivity contribution is 0.0693. The average molecular weight is 373 g/mol. The van der Waals surface area contributed by atoms with E-state index in [-0.39, 0.29) is 5.69 Å². The number of carboxylic acid groups (broad SMARTS) is 1. The number of fused-ring (bicyclic) bond motifs is 1. The van der Waals surface area contributed by atoms with Crippen molar-refractivity contribution in [3.63, 3.8) is 0 Å². The van der Waals surface area contributed by atoms with Gasteiger partial charge in [0, 0.05) is 33.6 Å². The Morgan fingerprint density at radius 1 is 1.32 bits per heavy atom. The van der Waals surface area contributed by atoms with E-state index >= 15 is 0 Å². The normalized spacial score (nSPS) is 12.1. The first-order valence-electron chi connectivity index (χ1n) is 7.35. The standard InChI is InChI=1S/C18H14ClN2O3P/c1-10-5-11(9-20)7-13(6-10)25(24-2)17-14-8-12(19)3-4-15(14)21-16(17)18(22)23/h3-8,21H,1-2H3,(H,22,23). The molecule has 0 aliphatic rings. The van der Waals surface area contributed by atoms with Crippen LogP contribution in [0.15, 0.2) is 36.4 Å². The lowest BCUT2D eigenvalue weighted by Crippen LogP contribution is -2.19. The highest BCUT2D eigenvalue weighted by Gasteiger charge is 2.27. The van der Waals surface area contributed by atoms with E-state index < -0.39 is 14.1 Å². The lowest BCUT2D eigenvalue weighted by atomic mass is 10.2. The number of carboxylic acids is 1. The molecule has 7 heteroatoms. The van der Waals surface area contributed by atoms with Gasteiger partial charge in [-0.3, -0.25) is 0 Å². The monoisotopic (exact) mass is 372 g/mol. The summed E-state index contributed by atoms with van der Waals surface area (Å²) >= 11 is 6.11. The van der Waals surface area contributed by atoms with Crippen molar-refractivity contribution >= 4 is 47.2 Å². The fourth-order valence-corrected chi connectivity index (χ4v) is 4.95. The smallest absolute Gasteiger partial charge is 0.353 e. The molecule has 0 spiro atoms. The number of H-pyrrole nitrogens is 1. The van der Waals surface area contributed by atoms with Crippen LogP contribution in [0.4, 0.5) is 0 Å². The van der Waals surface area contributed by atoms with E-state index in [1.54, 1.807) is 30.3 Å². The molecule has 1 unspecified atom stereocenters. The van der Waals surface area contributed by atoms with Crippen LogP contribution in [0.5, 0.6) is 0 Å². The van der Waals surface area contributed by atoms with Crippen molar-refractivity contribution in [2.75, 3.05) is 7.11 Å². The number of aromatic nitrogens is 1. The summed E-state index contributed by atoms with van der Waals surface area (Å²) in [4.78, 5) is 14.7. The quantitative estimate of drug-likeness (QED) is 0.684. The molecule has 5 nitrogen and oxygen atoms in total. The lowest BCUT2D eigenvalue weighted by Gasteiger charge is -2.17. The van der Waals surface area contributed by atoms with E-state index in [2.05, 4.69) is 11.1 Å². The van der Waals surface area contributed by atoms with Gasteiger partial charge in [0.05, 0.1) is 19.8 Å². The molecule has 2 N–H and O–H groups in total. The van der Waals surface area contributed by atoms with Crippen LogP contribution in [0.25, 0.3) is 10.9 Å². The second-order valence-corrected chi connectivity index (χ2v) is 7.84. The van der Waals surface area contributed by atoms with Crippen molar-refractivity contribution in [1.29, 1.82) is 5.26 Å². The Morgan fingerprint density at radius 3 is 2.72 bits per heavy atom. The molecule has 0 fully saturated rings. The third-order valence-electron chi connectivity index (χ3n) is 3.76. The number of halogens is 1. The minimum Gasteiger partial charge on any atom is -0.477 e. The fraction of sp³-hybridized carbons (Fsp3) is 0.111. The summed E-state index contributed by atoms with van der Waals surface area (Å²) in [7, 11) is 0.0998. The second-order valence-electron chi connectivity index (χ2n) is 5.49. The molecule has 0 bridgehead atoms. The Kier molecular flexibility index (Phi) is 4.78. The van der Waals surface area contributed by atoms with Gasteiger partial charge in [-0.1, -0.05) is 11.6 Å². The van der Waals surface area contributed by atoms with Crippen LogP contribution in [-0.2, 0) is 4.52 Å². The maximum absolute atomic E-state index is 11.8. The molecule has 0 saturated heterocycles. The molecule has 1 atom stereocenters. The van der Waals surface area contributed by atoms with Gasteiger partial charge in [-0.2, -0.15) is 5.26 Å². The van der Waals surface area contributed by atoms with Gasteiger partial charge in [0.15, 0.2) is 0 Å². The van der Waals surface area contributed by atoms with Crippen LogP contribution in [0.2, 0.25) is 5.02 Å². The summed E-state index contributed by atoms with van der Waals surface area (Å²) in [6.07, 6.45) is 0. The van der Waals surface area contributed by atoms with Gasteiger partial charge < -0.3 is 14.6 Å². The summed E-state index contributed by atoms with van der Waals surface area (Å²) < 4.78 is 5.70.